The van der Waals surface area contributed by atoms with Gasteiger partial charge >= 0.3 is 21.7 Å². The van der Waals surface area contributed by atoms with E-state index in [1.54, 1.807) is 9.13 Å². The van der Waals surface area contributed by atoms with Gasteiger partial charge in [0.25, 0.3) is 0 Å². The molecule has 7 heteroatoms. The maximum absolute atomic E-state index is 13.8. The minimum Gasteiger partial charge on any atom is -0.366 e. The summed E-state index contributed by atoms with van der Waals surface area (Å²) in [5.41, 5.74) is 4.22. The van der Waals surface area contributed by atoms with E-state index in [4.69, 9.17) is 0 Å². The van der Waals surface area contributed by atoms with Gasteiger partial charge < -0.3 is 9.13 Å². The minimum atomic E-state index is -0.689. The van der Waals surface area contributed by atoms with Crippen LogP contribution in [0.4, 0.5) is 17.6 Å². The SMILES string of the molecule is Cc1cc2ccccc2n1-c1ccc(F)[c-]c1F.Cc1cc2ccccc2n1-c1ccc(F)[c-]c1F.[Ti+4].c1cc[cH-]c1.c1cc[cH-]c1. The smallest absolute Gasteiger partial charge is 0.366 e. The number of nitrogens with zero attached hydrogens (tertiary/aromatic N) is 2. The van der Waals surface area contributed by atoms with E-state index in [1.165, 1.54) is 24.3 Å². The Kier molecular flexibility index (Phi) is 12.3. The molecule has 0 aliphatic carbocycles. The van der Waals surface area contributed by atoms with Crippen LogP contribution in [0.1, 0.15) is 11.4 Å². The summed E-state index contributed by atoms with van der Waals surface area (Å²) < 4.78 is 56.9. The molecule has 8 aromatic rings. The molecular formula is C40H30F4N2Ti. The maximum Gasteiger partial charge on any atom is 4.00 e. The molecule has 0 aliphatic rings. The van der Waals surface area contributed by atoms with Crippen molar-refractivity contribution in [1.29, 1.82) is 0 Å². The standard InChI is InChI=1S/2C15H10F2N.2C5H5.Ti/c2*1-10-8-11-4-2-3-5-14(11)18(10)15-7-6-12(16)9-13(15)17;2*1-2-4-5-3-1;/h2*2-8H,1H3;2*1-5H;/q4*-1;+4. The average molecular weight is 663 g/mol. The number of hydrogen-bond donors (Lipinski definition) is 0. The largest absolute Gasteiger partial charge is 4.00 e. The molecule has 0 spiro atoms. The Morgan fingerprint density at radius 1 is 0.489 bits per heavy atom. The van der Waals surface area contributed by atoms with Gasteiger partial charge in [0.05, 0.1) is 0 Å². The zero-order valence-corrected chi connectivity index (χ0v) is 27.3. The molecule has 0 unspecified atom stereocenters. The second kappa shape index (κ2) is 16.6. The molecular weight excluding hydrogens is 632 g/mol. The van der Waals surface area contributed by atoms with Crippen LogP contribution in [-0.4, -0.2) is 9.13 Å². The van der Waals surface area contributed by atoms with E-state index in [-0.39, 0.29) is 21.7 Å². The van der Waals surface area contributed by atoms with Gasteiger partial charge in [-0.15, -0.1) is 36.4 Å². The van der Waals surface area contributed by atoms with Gasteiger partial charge in [-0.2, -0.15) is 36.4 Å². The predicted octanol–water partition coefficient (Wildman–Crippen LogP) is 10.8. The molecule has 0 N–H and O–H groups in total. The Balaban J connectivity index is 0.000000162. The van der Waals surface area contributed by atoms with Crippen LogP contribution in [0.3, 0.4) is 0 Å². The van der Waals surface area contributed by atoms with E-state index >= 15 is 0 Å². The van der Waals surface area contributed by atoms with E-state index in [9.17, 15) is 17.6 Å². The van der Waals surface area contributed by atoms with Crippen LogP contribution >= 0.6 is 0 Å². The first-order chi connectivity index (χ1) is 22.3. The van der Waals surface area contributed by atoms with Crippen molar-refractivity contribution in [2.24, 2.45) is 0 Å². The zero-order chi connectivity index (χ0) is 32.5. The van der Waals surface area contributed by atoms with Gasteiger partial charge in [0.2, 0.25) is 0 Å². The number of para-hydroxylation sites is 2. The summed E-state index contributed by atoms with van der Waals surface area (Å²) in [5, 5.41) is 2.05. The van der Waals surface area contributed by atoms with Gasteiger partial charge in [-0.25, -0.2) is 41.8 Å². The maximum atomic E-state index is 13.8. The Morgan fingerprint density at radius 2 is 0.851 bits per heavy atom. The number of aromatic nitrogens is 2. The fraction of sp³-hybridized carbons (Fsp3) is 0.0500. The molecule has 0 saturated carbocycles. The Morgan fingerprint density at radius 3 is 1.17 bits per heavy atom. The molecule has 232 valence electrons. The van der Waals surface area contributed by atoms with Crippen molar-refractivity contribution in [2.75, 3.05) is 0 Å². The monoisotopic (exact) mass is 662 g/mol. The normalized spacial score (nSPS) is 10.2. The first kappa shape index (κ1) is 35.0. The van der Waals surface area contributed by atoms with Gasteiger partial charge in [0.1, 0.15) is 0 Å². The molecule has 6 aromatic carbocycles. The summed E-state index contributed by atoms with van der Waals surface area (Å²) in [5.74, 6) is -2.74. The van der Waals surface area contributed by atoms with E-state index in [2.05, 4.69) is 12.1 Å². The van der Waals surface area contributed by atoms with Gasteiger partial charge in [-0.3, -0.25) is 0 Å². The third kappa shape index (κ3) is 8.67. The van der Waals surface area contributed by atoms with E-state index in [0.29, 0.717) is 11.4 Å². The summed E-state index contributed by atoms with van der Waals surface area (Å²) in [7, 11) is 0. The minimum absolute atomic E-state index is 0. The molecule has 2 nitrogen and oxygen atoms in total. The summed E-state index contributed by atoms with van der Waals surface area (Å²) in [6, 6.07) is 48.7. The van der Waals surface area contributed by atoms with Crippen LogP contribution in [0.25, 0.3) is 33.2 Å². The number of aryl methyl sites for hydroxylation is 2. The van der Waals surface area contributed by atoms with Crippen molar-refractivity contribution in [1.82, 2.24) is 9.13 Å². The average Bonchev–Trinajstić information content (AvgIpc) is 3.87. The number of rotatable bonds is 2. The Hall–Kier alpha value is -4.91. The van der Waals surface area contributed by atoms with E-state index in [1.807, 2.05) is 135 Å². The van der Waals surface area contributed by atoms with Gasteiger partial charge in [0, 0.05) is 45.7 Å². The first-order valence-corrected chi connectivity index (χ1v) is 14.6. The second-order valence-electron chi connectivity index (χ2n) is 10.3. The third-order valence-electron chi connectivity index (χ3n) is 7.07. The van der Waals surface area contributed by atoms with Crippen molar-refractivity contribution in [2.45, 2.75) is 13.8 Å². The number of fused-ring (bicyclic) bond motifs is 2. The van der Waals surface area contributed by atoms with Crippen molar-refractivity contribution in [3.05, 3.63) is 192 Å². The second-order valence-corrected chi connectivity index (χ2v) is 10.3. The number of benzene rings is 4. The van der Waals surface area contributed by atoms with Crippen LogP contribution in [0.2, 0.25) is 0 Å². The topological polar surface area (TPSA) is 9.86 Å². The van der Waals surface area contributed by atoms with E-state index in [0.717, 1.165) is 33.2 Å². The van der Waals surface area contributed by atoms with Crippen LogP contribution in [0.5, 0.6) is 0 Å². The predicted molar refractivity (Wildman–Crippen MR) is 178 cm³/mol. The van der Waals surface area contributed by atoms with Crippen molar-refractivity contribution < 1.29 is 39.3 Å². The molecule has 0 saturated heterocycles. The van der Waals surface area contributed by atoms with Crippen LogP contribution in [0.15, 0.2) is 146 Å². The van der Waals surface area contributed by atoms with Crippen molar-refractivity contribution in [3.63, 3.8) is 0 Å². The molecule has 2 heterocycles. The van der Waals surface area contributed by atoms with Gasteiger partial charge in [0.15, 0.2) is 0 Å². The van der Waals surface area contributed by atoms with E-state index < -0.39 is 23.3 Å². The first-order valence-electron chi connectivity index (χ1n) is 14.6. The summed E-state index contributed by atoms with van der Waals surface area (Å²) >= 11 is 0. The fourth-order valence-electron chi connectivity index (χ4n) is 5.08. The molecule has 0 aliphatic heterocycles. The Bertz CT molecular complexity index is 1940. The molecule has 0 atom stereocenters. The molecule has 2 aromatic heterocycles. The van der Waals surface area contributed by atoms with Crippen LogP contribution in [-0.2, 0) is 21.7 Å². The van der Waals surface area contributed by atoms with Gasteiger partial charge in [-0.05, 0) is 60.3 Å². The van der Waals surface area contributed by atoms with Gasteiger partial charge in [-0.1, -0.05) is 36.4 Å². The third-order valence-corrected chi connectivity index (χ3v) is 7.07. The molecule has 0 amide bonds. The molecule has 0 radical (unpaired) electrons. The zero-order valence-electron chi connectivity index (χ0n) is 25.8. The van der Waals surface area contributed by atoms with Crippen molar-refractivity contribution in [3.8, 4) is 11.4 Å². The fourth-order valence-corrected chi connectivity index (χ4v) is 5.08. The quantitative estimate of drug-likeness (QED) is 0.0991. The number of hydrogen-bond acceptors (Lipinski definition) is 0. The van der Waals surface area contributed by atoms with Crippen molar-refractivity contribution >= 4 is 21.8 Å². The molecule has 47 heavy (non-hydrogen) atoms. The number of halogens is 4. The Labute approximate surface area is 286 Å². The molecule has 0 bridgehead atoms. The van der Waals surface area contributed by atoms with Crippen LogP contribution < -0.4 is 0 Å². The summed E-state index contributed by atoms with van der Waals surface area (Å²) in [4.78, 5) is 0. The van der Waals surface area contributed by atoms with Crippen LogP contribution in [0, 0.1) is 49.2 Å². The molecule has 8 rings (SSSR count). The molecule has 0 fully saturated rings. The summed E-state index contributed by atoms with van der Waals surface area (Å²) in [6.07, 6.45) is 0. The summed E-state index contributed by atoms with van der Waals surface area (Å²) in [6.45, 7) is 3.78.